The topological polar surface area (TPSA) is 101 Å². The summed E-state index contributed by atoms with van der Waals surface area (Å²) < 4.78 is 23.8. The van der Waals surface area contributed by atoms with Crippen LogP contribution in [-0.4, -0.2) is 71.7 Å². The lowest BCUT2D eigenvalue weighted by molar-refractivity contribution is -0.128. The van der Waals surface area contributed by atoms with Gasteiger partial charge in [-0.15, -0.1) is 10.2 Å². The van der Waals surface area contributed by atoms with Crippen LogP contribution in [0, 0.1) is 0 Å². The number of amides is 2. The first-order chi connectivity index (χ1) is 12.3. The number of carbonyl (C=O) groups excluding carboxylic acids is 2. The highest BCUT2D eigenvalue weighted by Crippen LogP contribution is 2.36. The van der Waals surface area contributed by atoms with Gasteiger partial charge >= 0.3 is 0 Å². The number of aromatic nitrogens is 2. The van der Waals surface area contributed by atoms with Crippen LogP contribution in [-0.2, 0) is 19.4 Å². The zero-order valence-corrected chi connectivity index (χ0v) is 17.2. The summed E-state index contributed by atoms with van der Waals surface area (Å²) in [7, 11) is -1.37. The van der Waals surface area contributed by atoms with Crippen molar-refractivity contribution in [1.82, 2.24) is 15.1 Å². The average Bonchev–Trinajstić information content (AvgIpc) is 3.21. The van der Waals surface area contributed by atoms with Gasteiger partial charge in [0.15, 0.2) is 14.2 Å². The van der Waals surface area contributed by atoms with Gasteiger partial charge in [0.1, 0.15) is 0 Å². The summed E-state index contributed by atoms with van der Waals surface area (Å²) >= 11 is 2.59. The van der Waals surface area contributed by atoms with Crippen LogP contribution in [0.4, 0.5) is 5.13 Å². The summed E-state index contributed by atoms with van der Waals surface area (Å²) in [6, 6.07) is -0.0176. The third-order valence-electron chi connectivity index (χ3n) is 4.55. The van der Waals surface area contributed by atoms with Crippen LogP contribution in [0.3, 0.4) is 0 Å². The van der Waals surface area contributed by atoms with E-state index < -0.39 is 9.84 Å². The second-order valence-corrected chi connectivity index (χ2v) is 11.0. The van der Waals surface area contributed by atoms with Crippen molar-refractivity contribution >= 4 is 49.9 Å². The van der Waals surface area contributed by atoms with Gasteiger partial charge < -0.3 is 4.90 Å². The molecule has 0 N–H and O–H groups in total. The zero-order chi connectivity index (χ0) is 18.9. The molecule has 2 heterocycles. The molecule has 1 atom stereocenters. The number of hydrogen-bond donors (Lipinski definition) is 0. The lowest BCUT2D eigenvalue weighted by atomic mass is 10.2. The predicted octanol–water partition coefficient (Wildman–Crippen LogP) is 1.18. The molecule has 1 aromatic heterocycles. The maximum Gasteiger partial charge on any atom is 0.233 e. The van der Waals surface area contributed by atoms with Gasteiger partial charge in [0.2, 0.25) is 16.9 Å². The van der Waals surface area contributed by atoms with Crippen LogP contribution in [0.15, 0.2) is 4.34 Å². The zero-order valence-electron chi connectivity index (χ0n) is 14.8. The second-order valence-electron chi connectivity index (χ2n) is 6.55. The number of carbonyl (C=O) groups is 2. The van der Waals surface area contributed by atoms with E-state index in [2.05, 4.69) is 10.2 Å². The number of anilines is 1. The smallest absolute Gasteiger partial charge is 0.233 e. The first-order valence-electron chi connectivity index (χ1n) is 8.55. The molecule has 2 amide bonds. The van der Waals surface area contributed by atoms with E-state index in [9.17, 15) is 18.0 Å². The molecule has 11 heteroatoms. The number of nitrogens with zero attached hydrogens (tertiary/aromatic N) is 4. The highest BCUT2D eigenvalue weighted by molar-refractivity contribution is 8.01. The Morgan fingerprint density at radius 3 is 2.50 bits per heavy atom. The number of hydrogen-bond acceptors (Lipinski definition) is 8. The molecule has 1 saturated carbocycles. The molecule has 1 aliphatic heterocycles. The maximum absolute atomic E-state index is 12.3. The summed E-state index contributed by atoms with van der Waals surface area (Å²) in [5, 5.41) is 8.79. The minimum Gasteiger partial charge on any atom is -0.341 e. The fourth-order valence-electron chi connectivity index (χ4n) is 2.84. The number of sulfone groups is 1. The van der Waals surface area contributed by atoms with E-state index in [4.69, 9.17) is 0 Å². The van der Waals surface area contributed by atoms with Gasteiger partial charge in [-0.25, -0.2) is 8.42 Å². The molecule has 26 heavy (non-hydrogen) atoms. The quantitative estimate of drug-likeness (QED) is 0.484. The third kappa shape index (κ3) is 4.55. The van der Waals surface area contributed by atoms with Gasteiger partial charge in [0, 0.05) is 25.6 Å². The Balaban J connectivity index is 1.56. The molecule has 1 saturated heterocycles. The Morgan fingerprint density at radius 2 is 1.92 bits per heavy atom. The molecule has 8 nitrogen and oxygen atoms in total. The largest absolute Gasteiger partial charge is 0.341 e. The molecule has 1 unspecified atom stereocenters. The third-order valence-corrected chi connectivity index (χ3v) is 8.34. The Morgan fingerprint density at radius 1 is 1.19 bits per heavy atom. The van der Waals surface area contributed by atoms with Gasteiger partial charge in [-0.3, -0.25) is 14.5 Å². The van der Waals surface area contributed by atoms with Crippen molar-refractivity contribution in [3.63, 3.8) is 0 Å². The summed E-state index contributed by atoms with van der Waals surface area (Å²) in [6.07, 6.45) is 2.89. The van der Waals surface area contributed by atoms with Crippen molar-refractivity contribution in [2.75, 3.05) is 29.2 Å². The number of thioether (sulfide) groups is 1. The summed E-state index contributed by atoms with van der Waals surface area (Å²) in [4.78, 5) is 27.7. The molecule has 1 aromatic rings. The molecule has 1 aliphatic carbocycles. The Kier molecular flexibility index (Phi) is 5.88. The Labute approximate surface area is 161 Å². The van der Waals surface area contributed by atoms with E-state index in [1.165, 1.54) is 28.0 Å². The van der Waals surface area contributed by atoms with Gasteiger partial charge in [0.05, 0.1) is 17.3 Å². The first-order valence-corrected chi connectivity index (χ1v) is 12.2. The van der Waals surface area contributed by atoms with Crippen molar-refractivity contribution in [2.45, 2.75) is 49.0 Å². The van der Waals surface area contributed by atoms with Crippen LogP contribution in [0.25, 0.3) is 0 Å². The Hall–Kier alpha value is -1.20. The highest BCUT2D eigenvalue weighted by atomic mass is 32.2. The molecule has 0 aromatic carbocycles. The van der Waals surface area contributed by atoms with E-state index in [1.807, 2.05) is 6.92 Å². The van der Waals surface area contributed by atoms with Gasteiger partial charge in [-0.1, -0.05) is 30.0 Å². The fraction of sp³-hybridized carbons (Fsp3) is 0.733. The number of rotatable bonds is 7. The monoisotopic (exact) mass is 418 g/mol. The summed E-state index contributed by atoms with van der Waals surface area (Å²) in [6.45, 7) is 1.83. The van der Waals surface area contributed by atoms with Gasteiger partial charge in [0.25, 0.3) is 0 Å². The van der Waals surface area contributed by atoms with Gasteiger partial charge in [-0.05, 0) is 19.3 Å². The average molecular weight is 419 g/mol. The van der Waals surface area contributed by atoms with E-state index in [0.29, 0.717) is 22.3 Å². The fourth-order valence-corrected chi connectivity index (χ4v) is 6.47. The molecule has 0 radical (unpaired) electrons. The maximum atomic E-state index is 12.3. The lowest BCUT2D eigenvalue weighted by Gasteiger charge is -2.22. The second kappa shape index (κ2) is 7.81. The minimum absolute atomic E-state index is 0.0400. The molecular formula is C15H22N4O4S3. The Bertz CT molecular complexity index is 791. The summed E-state index contributed by atoms with van der Waals surface area (Å²) in [5.74, 6) is 0.270. The van der Waals surface area contributed by atoms with Crippen LogP contribution < -0.4 is 4.90 Å². The van der Waals surface area contributed by atoms with Crippen molar-refractivity contribution in [3.05, 3.63) is 0 Å². The van der Waals surface area contributed by atoms with Gasteiger partial charge in [-0.2, -0.15) is 0 Å². The SMILES string of the molecule is CCC(=O)N(c1nnc(SCC(=O)N(C)C2CCS(=O)(=O)C2)s1)C1CC1. The summed E-state index contributed by atoms with van der Waals surface area (Å²) in [5.41, 5.74) is 0. The molecule has 0 spiro atoms. The first kappa shape index (κ1) is 19.6. The molecule has 144 valence electrons. The van der Waals surface area contributed by atoms with Crippen molar-refractivity contribution in [2.24, 2.45) is 0 Å². The van der Waals surface area contributed by atoms with E-state index in [1.54, 1.807) is 11.9 Å². The lowest BCUT2D eigenvalue weighted by Crippen LogP contribution is -2.38. The van der Waals surface area contributed by atoms with E-state index >= 15 is 0 Å². The molecule has 0 bridgehead atoms. The normalized spacial score (nSPS) is 21.5. The minimum atomic E-state index is -3.02. The van der Waals surface area contributed by atoms with Crippen LogP contribution in [0.5, 0.6) is 0 Å². The van der Waals surface area contributed by atoms with E-state index in [-0.39, 0.29) is 41.2 Å². The van der Waals surface area contributed by atoms with Crippen molar-refractivity contribution in [3.8, 4) is 0 Å². The van der Waals surface area contributed by atoms with Crippen molar-refractivity contribution in [1.29, 1.82) is 0 Å². The van der Waals surface area contributed by atoms with E-state index in [0.717, 1.165) is 12.8 Å². The van der Waals surface area contributed by atoms with Crippen LogP contribution >= 0.6 is 23.1 Å². The molecule has 2 fully saturated rings. The molecular weight excluding hydrogens is 396 g/mol. The molecule has 2 aliphatic rings. The molecule has 3 rings (SSSR count). The predicted molar refractivity (Wildman–Crippen MR) is 101 cm³/mol. The van der Waals surface area contributed by atoms with Crippen LogP contribution in [0.2, 0.25) is 0 Å². The highest BCUT2D eigenvalue weighted by Gasteiger charge is 2.35. The standard InChI is InChI=1S/C15H22N4O4S3/c1-3-12(20)19(10-4-5-10)14-16-17-15(25-14)24-8-13(21)18(2)11-6-7-26(22,23)9-11/h10-11H,3-9H2,1-2H3. The van der Waals surface area contributed by atoms with Crippen molar-refractivity contribution < 1.29 is 18.0 Å². The van der Waals surface area contributed by atoms with Crippen LogP contribution in [0.1, 0.15) is 32.6 Å².